The van der Waals surface area contributed by atoms with Crippen LogP contribution in [0.3, 0.4) is 0 Å². The van der Waals surface area contributed by atoms with Crippen LogP contribution in [0.5, 0.6) is 0 Å². The summed E-state index contributed by atoms with van der Waals surface area (Å²) in [4.78, 5) is 14.9. The van der Waals surface area contributed by atoms with Crippen molar-refractivity contribution in [2.24, 2.45) is 5.92 Å². The van der Waals surface area contributed by atoms with Crippen LogP contribution in [0.1, 0.15) is 25.2 Å². The molecule has 0 unspecified atom stereocenters. The van der Waals surface area contributed by atoms with Crippen LogP contribution in [0.4, 0.5) is 4.39 Å². The first-order chi connectivity index (χ1) is 15.8. The number of rotatable bonds is 11. The molecule has 0 saturated heterocycles. The molecule has 1 heterocycles. The number of hydrogen-bond donors (Lipinski definition) is 0. The molecule has 0 bridgehead atoms. The number of furan rings is 1. The number of benzene rings is 2. The van der Waals surface area contributed by atoms with Crippen molar-refractivity contribution in [2.75, 3.05) is 19.6 Å². The highest BCUT2D eigenvalue weighted by atomic mass is 32.2. The van der Waals surface area contributed by atoms with Gasteiger partial charge in [-0.1, -0.05) is 44.2 Å². The van der Waals surface area contributed by atoms with Gasteiger partial charge < -0.3 is 9.32 Å². The maximum atomic E-state index is 13.3. The summed E-state index contributed by atoms with van der Waals surface area (Å²) >= 11 is 0. The summed E-state index contributed by atoms with van der Waals surface area (Å²) in [6, 6.07) is 18.0. The third-order valence-corrected chi connectivity index (χ3v) is 6.95. The molecular weight excluding hydrogens is 443 g/mol. The Hall–Kier alpha value is -2.97. The fourth-order valence-electron chi connectivity index (χ4n) is 3.45. The monoisotopic (exact) mass is 472 g/mol. The molecule has 3 aromatic rings. The minimum Gasteiger partial charge on any atom is -0.467 e. The Balaban J connectivity index is 1.81. The van der Waals surface area contributed by atoms with Gasteiger partial charge in [-0.05, 0) is 54.3 Å². The third kappa shape index (κ3) is 7.00. The highest BCUT2D eigenvalue weighted by Crippen LogP contribution is 2.19. The zero-order valence-electron chi connectivity index (χ0n) is 18.9. The molecule has 176 valence electrons. The first-order valence-corrected chi connectivity index (χ1v) is 12.3. The number of halogens is 1. The predicted molar refractivity (Wildman–Crippen MR) is 124 cm³/mol. The predicted octanol–water partition coefficient (Wildman–Crippen LogP) is 4.34. The van der Waals surface area contributed by atoms with E-state index in [-0.39, 0.29) is 36.4 Å². The maximum Gasteiger partial charge on any atom is 0.243 e. The van der Waals surface area contributed by atoms with Gasteiger partial charge >= 0.3 is 0 Å². The van der Waals surface area contributed by atoms with Gasteiger partial charge in [0.25, 0.3) is 0 Å². The molecule has 0 radical (unpaired) electrons. The molecule has 0 fully saturated rings. The quantitative estimate of drug-likeness (QED) is 0.416. The van der Waals surface area contributed by atoms with Crippen LogP contribution in [-0.4, -0.2) is 43.2 Å². The number of sulfonamides is 1. The number of amides is 1. The van der Waals surface area contributed by atoms with Crippen LogP contribution < -0.4 is 0 Å². The highest BCUT2D eigenvalue weighted by molar-refractivity contribution is 7.89. The molecule has 0 aliphatic rings. The van der Waals surface area contributed by atoms with E-state index in [0.29, 0.717) is 18.7 Å². The van der Waals surface area contributed by atoms with Gasteiger partial charge in [0.05, 0.1) is 24.2 Å². The number of carbonyl (C=O) groups excluding carboxylic acids is 1. The average Bonchev–Trinajstić information content (AvgIpc) is 3.30. The van der Waals surface area contributed by atoms with Crippen molar-refractivity contribution in [3.8, 4) is 0 Å². The van der Waals surface area contributed by atoms with Gasteiger partial charge in [-0.15, -0.1) is 0 Å². The molecule has 1 aromatic heterocycles. The van der Waals surface area contributed by atoms with Gasteiger partial charge in [-0.25, -0.2) is 12.8 Å². The van der Waals surface area contributed by atoms with E-state index in [9.17, 15) is 17.6 Å². The van der Waals surface area contributed by atoms with Crippen molar-refractivity contribution in [1.82, 2.24) is 9.21 Å². The second kappa shape index (κ2) is 11.2. The van der Waals surface area contributed by atoms with Gasteiger partial charge in [0.15, 0.2) is 0 Å². The summed E-state index contributed by atoms with van der Waals surface area (Å²) in [5.41, 5.74) is 1.08. The normalized spacial score (nSPS) is 11.8. The van der Waals surface area contributed by atoms with E-state index in [0.717, 1.165) is 17.7 Å². The Morgan fingerprint density at radius 3 is 2.30 bits per heavy atom. The molecule has 0 aliphatic heterocycles. The number of hydrogen-bond acceptors (Lipinski definition) is 4. The van der Waals surface area contributed by atoms with Crippen LogP contribution in [0.2, 0.25) is 0 Å². The molecule has 0 aliphatic carbocycles. The highest BCUT2D eigenvalue weighted by Gasteiger charge is 2.29. The molecule has 2 aromatic carbocycles. The van der Waals surface area contributed by atoms with E-state index in [1.54, 1.807) is 23.3 Å². The molecular formula is C25H29FN2O4S. The SMILES string of the molecule is CC(C)CN(CC(=O)N(CCc1ccccc1)Cc1ccco1)S(=O)(=O)c1ccc(F)cc1. The molecule has 0 N–H and O–H groups in total. The lowest BCUT2D eigenvalue weighted by Gasteiger charge is -2.28. The smallest absolute Gasteiger partial charge is 0.243 e. The summed E-state index contributed by atoms with van der Waals surface area (Å²) in [7, 11) is -3.97. The number of nitrogens with zero attached hydrogens (tertiary/aromatic N) is 2. The zero-order valence-corrected chi connectivity index (χ0v) is 19.7. The Labute approximate surface area is 194 Å². The van der Waals surface area contributed by atoms with Gasteiger partial charge in [0.1, 0.15) is 11.6 Å². The zero-order chi connectivity index (χ0) is 23.8. The van der Waals surface area contributed by atoms with Crippen molar-refractivity contribution in [2.45, 2.75) is 31.7 Å². The lowest BCUT2D eigenvalue weighted by Crippen LogP contribution is -2.44. The fourth-order valence-corrected chi connectivity index (χ4v) is 5.01. The van der Waals surface area contributed by atoms with Crippen molar-refractivity contribution in [3.05, 3.63) is 90.1 Å². The van der Waals surface area contributed by atoms with Gasteiger partial charge in [0.2, 0.25) is 15.9 Å². The van der Waals surface area contributed by atoms with Crippen molar-refractivity contribution >= 4 is 15.9 Å². The lowest BCUT2D eigenvalue weighted by molar-refractivity contribution is -0.132. The molecule has 0 atom stereocenters. The minimum atomic E-state index is -3.97. The molecule has 1 amide bonds. The first kappa shape index (κ1) is 24.7. The molecule has 0 spiro atoms. The standard InChI is InChI=1S/C25H29FN2O4S/c1-20(2)17-28(33(30,31)24-12-10-22(26)11-13-24)19-25(29)27(18-23-9-6-16-32-23)15-14-21-7-4-3-5-8-21/h3-13,16,20H,14-15,17-19H2,1-2H3. The third-order valence-electron chi connectivity index (χ3n) is 5.12. The fraction of sp³-hybridized carbons (Fsp3) is 0.320. The van der Waals surface area contributed by atoms with Crippen LogP contribution in [-0.2, 0) is 27.8 Å². The average molecular weight is 473 g/mol. The maximum absolute atomic E-state index is 13.3. The van der Waals surface area contributed by atoms with Crippen molar-refractivity contribution < 1.29 is 22.0 Å². The second-order valence-electron chi connectivity index (χ2n) is 8.28. The van der Waals surface area contributed by atoms with E-state index in [2.05, 4.69) is 0 Å². The topological polar surface area (TPSA) is 70.8 Å². The van der Waals surface area contributed by atoms with E-state index < -0.39 is 15.8 Å². The largest absolute Gasteiger partial charge is 0.467 e. The molecule has 6 nitrogen and oxygen atoms in total. The second-order valence-corrected chi connectivity index (χ2v) is 10.2. The van der Waals surface area contributed by atoms with Gasteiger partial charge in [-0.3, -0.25) is 4.79 Å². The Bertz CT molecular complexity index is 1110. The Morgan fingerprint density at radius 1 is 1.00 bits per heavy atom. The van der Waals surface area contributed by atoms with Crippen LogP contribution in [0.25, 0.3) is 0 Å². The van der Waals surface area contributed by atoms with E-state index >= 15 is 0 Å². The van der Waals surface area contributed by atoms with E-state index in [1.165, 1.54) is 16.4 Å². The lowest BCUT2D eigenvalue weighted by atomic mass is 10.1. The van der Waals surface area contributed by atoms with Crippen molar-refractivity contribution in [3.63, 3.8) is 0 Å². The summed E-state index contributed by atoms with van der Waals surface area (Å²) < 4.78 is 46.4. The van der Waals surface area contributed by atoms with Gasteiger partial charge in [0, 0.05) is 13.1 Å². The van der Waals surface area contributed by atoms with E-state index in [1.807, 2.05) is 44.2 Å². The Kier molecular flexibility index (Phi) is 8.41. The Morgan fingerprint density at radius 2 is 1.70 bits per heavy atom. The molecule has 0 saturated carbocycles. The summed E-state index contributed by atoms with van der Waals surface area (Å²) in [5.74, 6) is -0.233. The number of carbonyl (C=O) groups is 1. The van der Waals surface area contributed by atoms with E-state index in [4.69, 9.17) is 4.42 Å². The molecule has 8 heteroatoms. The van der Waals surface area contributed by atoms with Crippen molar-refractivity contribution in [1.29, 1.82) is 0 Å². The van der Waals surface area contributed by atoms with Crippen LogP contribution >= 0.6 is 0 Å². The summed E-state index contributed by atoms with van der Waals surface area (Å²) in [6.07, 6.45) is 2.17. The first-order valence-electron chi connectivity index (χ1n) is 10.9. The molecule has 33 heavy (non-hydrogen) atoms. The minimum absolute atomic E-state index is 0.00383. The van der Waals surface area contributed by atoms with Crippen LogP contribution in [0, 0.1) is 11.7 Å². The van der Waals surface area contributed by atoms with Crippen LogP contribution in [0.15, 0.2) is 82.3 Å². The van der Waals surface area contributed by atoms with Gasteiger partial charge in [-0.2, -0.15) is 4.31 Å². The molecule has 3 rings (SSSR count). The summed E-state index contributed by atoms with van der Waals surface area (Å²) in [5, 5.41) is 0. The summed E-state index contributed by atoms with van der Waals surface area (Å²) in [6.45, 7) is 4.27.